The van der Waals surface area contributed by atoms with Crippen molar-refractivity contribution in [3.05, 3.63) is 35.4 Å². The molecule has 1 aromatic carbocycles. The van der Waals surface area contributed by atoms with Gasteiger partial charge in [-0.25, -0.2) is 0 Å². The van der Waals surface area contributed by atoms with Crippen LogP contribution in [0.1, 0.15) is 36.8 Å². The molecule has 0 fully saturated rings. The van der Waals surface area contributed by atoms with Crippen LogP contribution >= 0.6 is 0 Å². The average Bonchev–Trinajstić information content (AvgIpc) is 2.63. The molecule has 0 saturated carbocycles. The molecule has 0 aliphatic heterocycles. The minimum atomic E-state index is 0.756. The van der Waals surface area contributed by atoms with Gasteiger partial charge in [0.25, 0.3) is 0 Å². The lowest BCUT2D eigenvalue weighted by atomic mass is 10.1. The van der Waals surface area contributed by atoms with Gasteiger partial charge in [-0.3, -0.25) is 9.98 Å². The fourth-order valence-corrected chi connectivity index (χ4v) is 2.19. The van der Waals surface area contributed by atoms with E-state index in [1.54, 1.807) is 7.05 Å². The van der Waals surface area contributed by atoms with Crippen molar-refractivity contribution in [3.63, 3.8) is 0 Å². The van der Waals surface area contributed by atoms with E-state index in [4.69, 9.17) is 9.47 Å². The van der Waals surface area contributed by atoms with E-state index in [0.29, 0.717) is 0 Å². The van der Waals surface area contributed by atoms with Gasteiger partial charge in [-0.15, -0.1) is 0 Å². The van der Waals surface area contributed by atoms with Crippen LogP contribution < -0.4 is 0 Å². The maximum Gasteiger partial charge on any atom is 0.0483 e. The van der Waals surface area contributed by atoms with Crippen LogP contribution in [-0.4, -0.2) is 65.7 Å². The van der Waals surface area contributed by atoms with Crippen molar-refractivity contribution in [2.75, 3.05) is 46.6 Å². The van der Waals surface area contributed by atoms with Gasteiger partial charge in [0.15, 0.2) is 0 Å². The average molecular weight is 345 g/mol. The Morgan fingerprint density at radius 1 is 0.880 bits per heavy atom. The Morgan fingerprint density at radius 3 is 2.12 bits per heavy atom. The third-order valence-corrected chi connectivity index (χ3v) is 3.44. The Kier molecular flexibility index (Phi) is 13.3. The molecule has 1 aromatic rings. The van der Waals surface area contributed by atoms with E-state index in [1.807, 2.05) is 30.6 Å². The Hall–Kier alpha value is -1.85. The first-order valence-corrected chi connectivity index (χ1v) is 8.97. The SMILES string of the molecule is C=NCCCOCCCCOCCCN=Cc1cccc(/C=N/C)c1. The quantitative estimate of drug-likeness (QED) is 0.361. The Balaban J connectivity index is 1.95. The topological polar surface area (TPSA) is 55.5 Å². The van der Waals surface area contributed by atoms with Gasteiger partial charge >= 0.3 is 0 Å². The molecule has 0 heterocycles. The molecule has 1 rings (SSSR count). The smallest absolute Gasteiger partial charge is 0.0483 e. The standard InChI is InChI=1S/C20H31N3O2/c1-21-10-6-14-24-12-3-4-13-25-15-7-11-23-18-20-9-5-8-19(16-20)17-22-2/h5,8-9,16-18H,1,3-4,6-7,10-15H2,2H3/b22-17+,23-18?. The first-order chi connectivity index (χ1) is 12.4. The summed E-state index contributed by atoms with van der Waals surface area (Å²) in [4.78, 5) is 12.3. The Bertz CT molecular complexity index is 515. The number of hydrogen-bond acceptors (Lipinski definition) is 5. The molecule has 5 heteroatoms. The minimum Gasteiger partial charge on any atom is -0.381 e. The van der Waals surface area contributed by atoms with Gasteiger partial charge in [-0.1, -0.05) is 18.2 Å². The predicted molar refractivity (Wildman–Crippen MR) is 107 cm³/mol. The maximum atomic E-state index is 5.61. The molecule has 0 bridgehead atoms. The molecule has 0 saturated heterocycles. The first-order valence-electron chi connectivity index (χ1n) is 8.97. The summed E-state index contributed by atoms with van der Waals surface area (Å²) in [6.07, 6.45) is 7.72. The van der Waals surface area contributed by atoms with Crippen LogP contribution in [0.4, 0.5) is 0 Å². The second kappa shape index (κ2) is 15.7. The van der Waals surface area contributed by atoms with E-state index in [1.165, 1.54) is 0 Å². The zero-order valence-corrected chi connectivity index (χ0v) is 15.4. The molecule has 0 atom stereocenters. The molecule has 0 amide bonds. The molecule has 0 aliphatic rings. The highest BCUT2D eigenvalue weighted by molar-refractivity contribution is 5.86. The molecule has 0 spiro atoms. The monoisotopic (exact) mass is 345 g/mol. The Labute approximate surface area is 151 Å². The van der Waals surface area contributed by atoms with Crippen molar-refractivity contribution < 1.29 is 9.47 Å². The molecule has 5 nitrogen and oxygen atoms in total. The second-order valence-corrected chi connectivity index (χ2v) is 5.68. The molecule has 0 unspecified atom stereocenters. The van der Waals surface area contributed by atoms with Crippen LogP contribution in [-0.2, 0) is 9.47 Å². The minimum absolute atomic E-state index is 0.756. The summed E-state index contributed by atoms with van der Waals surface area (Å²) in [5, 5.41) is 0. The van der Waals surface area contributed by atoms with E-state index in [2.05, 4.69) is 27.8 Å². The van der Waals surface area contributed by atoms with Crippen molar-refractivity contribution in [1.29, 1.82) is 0 Å². The van der Waals surface area contributed by atoms with Crippen LogP contribution in [0, 0.1) is 0 Å². The molecule has 0 aliphatic carbocycles. The van der Waals surface area contributed by atoms with Crippen LogP contribution in [0.3, 0.4) is 0 Å². The number of nitrogens with zero attached hydrogens (tertiary/aromatic N) is 3. The number of rotatable bonds is 15. The number of ether oxygens (including phenoxy) is 2. The van der Waals surface area contributed by atoms with Crippen molar-refractivity contribution >= 4 is 19.1 Å². The fourth-order valence-electron chi connectivity index (χ4n) is 2.19. The van der Waals surface area contributed by atoms with E-state index in [-0.39, 0.29) is 0 Å². The molecule has 25 heavy (non-hydrogen) atoms. The summed E-state index contributed by atoms with van der Waals surface area (Å²) in [6, 6.07) is 8.16. The van der Waals surface area contributed by atoms with Crippen LogP contribution in [0.15, 0.2) is 39.2 Å². The second-order valence-electron chi connectivity index (χ2n) is 5.68. The summed E-state index contributed by atoms with van der Waals surface area (Å²) in [6.45, 7) is 8.13. The van der Waals surface area contributed by atoms with Gasteiger partial charge in [0.1, 0.15) is 0 Å². The van der Waals surface area contributed by atoms with Crippen molar-refractivity contribution in [1.82, 2.24) is 0 Å². The van der Waals surface area contributed by atoms with Crippen molar-refractivity contribution in [3.8, 4) is 0 Å². The Morgan fingerprint density at radius 2 is 1.48 bits per heavy atom. The summed E-state index contributed by atoms with van der Waals surface area (Å²) >= 11 is 0. The van der Waals surface area contributed by atoms with E-state index in [0.717, 1.165) is 76.3 Å². The number of hydrogen-bond donors (Lipinski definition) is 0. The van der Waals surface area contributed by atoms with Crippen LogP contribution in [0.25, 0.3) is 0 Å². The van der Waals surface area contributed by atoms with Gasteiger partial charge in [0, 0.05) is 59.0 Å². The molecule has 0 radical (unpaired) electrons. The van der Waals surface area contributed by atoms with E-state index in [9.17, 15) is 0 Å². The largest absolute Gasteiger partial charge is 0.381 e. The normalized spacial score (nSPS) is 11.6. The number of aliphatic imine (C=N–C) groups is 3. The van der Waals surface area contributed by atoms with Gasteiger partial charge in [0.2, 0.25) is 0 Å². The zero-order valence-electron chi connectivity index (χ0n) is 15.4. The highest BCUT2D eigenvalue weighted by Gasteiger charge is 1.93. The summed E-state index contributed by atoms with van der Waals surface area (Å²) in [7, 11) is 1.77. The zero-order chi connectivity index (χ0) is 18.0. The van der Waals surface area contributed by atoms with Crippen LogP contribution in [0.5, 0.6) is 0 Å². The molecular weight excluding hydrogens is 314 g/mol. The third kappa shape index (κ3) is 12.2. The fraction of sp³-hybridized carbons (Fsp3) is 0.550. The number of benzene rings is 1. The van der Waals surface area contributed by atoms with E-state index < -0.39 is 0 Å². The molecule has 138 valence electrons. The lowest BCUT2D eigenvalue weighted by Gasteiger charge is -2.04. The highest BCUT2D eigenvalue weighted by Crippen LogP contribution is 2.01. The molecular formula is C20H31N3O2. The highest BCUT2D eigenvalue weighted by atomic mass is 16.5. The summed E-state index contributed by atoms with van der Waals surface area (Å²) in [5.41, 5.74) is 2.19. The van der Waals surface area contributed by atoms with E-state index >= 15 is 0 Å². The lowest BCUT2D eigenvalue weighted by molar-refractivity contribution is 0.102. The summed E-state index contributed by atoms with van der Waals surface area (Å²) < 4.78 is 11.1. The van der Waals surface area contributed by atoms with Crippen molar-refractivity contribution in [2.24, 2.45) is 15.0 Å². The van der Waals surface area contributed by atoms with Gasteiger partial charge in [0.05, 0.1) is 0 Å². The predicted octanol–water partition coefficient (Wildman–Crippen LogP) is 3.45. The van der Waals surface area contributed by atoms with Gasteiger partial charge < -0.3 is 14.5 Å². The number of unbranched alkanes of at least 4 members (excludes halogenated alkanes) is 1. The molecule has 0 aromatic heterocycles. The maximum absolute atomic E-state index is 5.61. The first kappa shape index (κ1) is 21.2. The third-order valence-electron chi connectivity index (χ3n) is 3.44. The van der Waals surface area contributed by atoms with Gasteiger partial charge in [-0.05, 0) is 49.6 Å². The molecule has 0 N–H and O–H groups in total. The van der Waals surface area contributed by atoms with Crippen molar-refractivity contribution in [2.45, 2.75) is 25.7 Å². The van der Waals surface area contributed by atoms with Crippen LogP contribution in [0.2, 0.25) is 0 Å². The lowest BCUT2D eigenvalue weighted by Crippen LogP contribution is -2.02. The van der Waals surface area contributed by atoms with Gasteiger partial charge in [-0.2, -0.15) is 0 Å². The summed E-state index contributed by atoms with van der Waals surface area (Å²) in [5.74, 6) is 0.